The molecule has 1 radical (unpaired) electrons. The Balaban J connectivity index is 3.36. The summed E-state index contributed by atoms with van der Waals surface area (Å²) in [6, 6.07) is 0. The first kappa shape index (κ1) is 12.2. The van der Waals surface area contributed by atoms with Crippen molar-refractivity contribution in [2.75, 3.05) is 6.61 Å². The lowest BCUT2D eigenvalue weighted by Crippen LogP contribution is -2.09. The molecule has 0 aromatic rings. The van der Waals surface area contributed by atoms with Crippen molar-refractivity contribution in [1.82, 2.24) is 0 Å². The van der Waals surface area contributed by atoms with Crippen molar-refractivity contribution < 1.29 is 14.6 Å². The maximum absolute atomic E-state index is 10.9. The zero-order chi connectivity index (χ0) is 10.3. The number of aliphatic hydroxyl groups is 1. The molecular formula is C10H17O3. The molecule has 0 aromatic carbocycles. The first-order valence-electron chi connectivity index (χ1n) is 4.38. The summed E-state index contributed by atoms with van der Waals surface area (Å²) in [4.78, 5) is 10.9. The Bertz CT molecular complexity index is 175. The summed E-state index contributed by atoms with van der Waals surface area (Å²) < 4.78 is 4.83. The lowest BCUT2D eigenvalue weighted by molar-refractivity contribution is -0.139. The number of rotatable bonds is 6. The van der Waals surface area contributed by atoms with E-state index in [1.807, 2.05) is 0 Å². The highest BCUT2D eigenvalue weighted by Crippen LogP contribution is 2.01. The van der Waals surface area contributed by atoms with Crippen molar-refractivity contribution in [1.29, 1.82) is 0 Å². The predicted octanol–water partition coefficient (Wildman–Crippen LogP) is 1.47. The molecule has 1 atom stereocenters. The van der Waals surface area contributed by atoms with Crippen molar-refractivity contribution in [2.45, 2.75) is 32.3 Å². The summed E-state index contributed by atoms with van der Waals surface area (Å²) >= 11 is 0. The van der Waals surface area contributed by atoms with Gasteiger partial charge in [0.1, 0.15) is 0 Å². The van der Waals surface area contributed by atoms with Gasteiger partial charge in [0, 0.05) is 5.57 Å². The second kappa shape index (κ2) is 6.66. The summed E-state index contributed by atoms with van der Waals surface area (Å²) in [7, 11) is 0. The number of hydrogen-bond acceptors (Lipinski definition) is 3. The van der Waals surface area contributed by atoms with Crippen LogP contribution in [-0.2, 0) is 9.53 Å². The van der Waals surface area contributed by atoms with Crippen LogP contribution in [0.25, 0.3) is 0 Å². The van der Waals surface area contributed by atoms with E-state index in [-0.39, 0.29) is 12.1 Å². The van der Waals surface area contributed by atoms with Gasteiger partial charge in [-0.05, 0) is 26.2 Å². The van der Waals surface area contributed by atoms with Crippen LogP contribution in [0.5, 0.6) is 0 Å². The Labute approximate surface area is 79.4 Å². The minimum atomic E-state index is -0.386. The lowest BCUT2D eigenvalue weighted by atomic mass is 10.1. The molecular weight excluding hydrogens is 168 g/mol. The molecule has 75 valence electrons. The molecule has 0 aliphatic heterocycles. The van der Waals surface area contributed by atoms with Crippen molar-refractivity contribution in [3.05, 3.63) is 19.1 Å². The van der Waals surface area contributed by atoms with Crippen LogP contribution in [0.4, 0.5) is 0 Å². The smallest absolute Gasteiger partial charge is 0.333 e. The first-order chi connectivity index (χ1) is 6.07. The average molecular weight is 185 g/mol. The van der Waals surface area contributed by atoms with Gasteiger partial charge in [-0.2, -0.15) is 0 Å². The van der Waals surface area contributed by atoms with Crippen LogP contribution in [0.1, 0.15) is 26.2 Å². The molecule has 0 aliphatic rings. The number of hydrogen-bond donors (Lipinski definition) is 1. The van der Waals surface area contributed by atoms with Gasteiger partial charge in [-0.1, -0.05) is 13.5 Å². The summed E-state index contributed by atoms with van der Waals surface area (Å²) in [5.41, 5.74) is 0.401. The molecule has 0 spiro atoms. The van der Waals surface area contributed by atoms with Gasteiger partial charge < -0.3 is 9.84 Å². The molecule has 13 heavy (non-hydrogen) atoms. The van der Waals surface area contributed by atoms with Gasteiger partial charge in [-0.25, -0.2) is 4.79 Å². The molecule has 0 saturated carbocycles. The van der Waals surface area contributed by atoms with E-state index >= 15 is 0 Å². The van der Waals surface area contributed by atoms with Crippen LogP contribution in [0, 0.1) is 6.92 Å². The van der Waals surface area contributed by atoms with Gasteiger partial charge in [0.15, 0.2) is 0 Å². The molecule has 1 N–H and O–H groups in total. The Kier molecular flexibility index (Phi) is 6.24. The quantitative estimate of drug-likeness (QED) is 0.387. The summed E-state index contributed by atoms with van der Waals surface area (Å²) in [6.45, 7) is 8.95. The van der Waals surface area contributed by atoms with Crippen molar-refractivity contribution in [2.24, 2.45) is 0 Å². The van der Waals surface area contributed by atoms with E-state index in [0.717, 1.165) is 0 Å². The molecule has 3 heteroatoms. The van der Waals surface area contributed by atoms with E-state index in [2.05, 4.69) is 13.5 Å². The molecule has 0 amide bonds. The Morgan fingerprint density at radius 3 is 2.69 bits per heavy atom. The van der Waals surface area contributed by atoms with Crippen LogP contribution >= 0.6 is 0 Å². The Morgan fingerprint density at radius 1 is 1.62 bits per heavy atom. The molecule has 0 rings (SSSR count). The monoisotopic (exact) mass is 185 g/mol. The van der Waals surface area contributed by atoms with Gasteiger partial charge in [0.05, 0.1) is 12.7 Å². The normalized spacial score (nSPS) is 12.2. The molecule has 3 nitrogen and oxygen atoms in total. The van der Waals surface area contributed by atoms with Gasteiger partial charge in [-0.3, -0.25) is 0 Å². The summed E-state index contributed by atoms with van der Waals surface area (Å²) in [5.74, 6) is -0.371. The fourth-order valence-corrected chi connectivity index (χ4v) is 0.751. The fourth-order valence-electron chi connectivity index (χ4n) is 0.751. The first-order valence-corrected chi connectivity index (χ1v) is 4.38. The number of carbonyl (C=O) groups is 1. The number of aliphatic hydroxyl groups excluding tert-OH is 1. The minimum Gasteiger partial charge on any atom is -0.462 e. The SMILES string of the molecule is [CH2]CC(O)CCCOC(=O)C(=C)C. The van der Waals surface area contributed by atoms with E-state index in [9.17, 15) is 4.79 Å². The van der Waals surface area contributed by atoms with Crippen molar-refractivity contribution in [3.63, 3.8) is 0 Å². The van der Waals surface area contributed by atoms with Crippen molar-refractivity contribution in [3.8, 4) is 0 Å². The molecule has 0 heterocycles. The third kappa shape index (κ3) is 6.34. The minimum absolute atomic E-state index is 0.336. The highest BCUT2D eigenvalue weighted by atomic mass is 16.5. The molecule has 0 aliphatic carbocycles. The zero-order valence-corrected chi connectivity index (χ0v) is 8.08. The van der Waals surface area contributed by atoms with Crippen LogP contribution in [0.2, 0.25) is 0 Å². The standard InChI is InChI=1S/C10H17O3/c1-4-9(11)6-5-7-13-10(12)8(2)3/h9,11H,1-2,4-7H2,3H3. The zero-order valence-electron chi connectivity index (χ0n) is 8.08. The predicted molar refractivity (Wildman–Crippen MR) is 51.0 cm³/mol. The summed E-state index contributed by atoms with van der Waals surface area (Å²) in [6.07, 6.45) is 1.39. The van der Waals surface area contributed by atoms with Crippen LogP contribution in [-0.4, -0.2) is 23.8 Å². The molecule has 1 unspecified atom stereocenters. The van der Waals surface area contributed by atoms with Gasteiger partial charge in [-0.15, -0.1) is 0 Å². The number of carbonyl (C=O) groups excluding carboxylic acids is 1. The Morgan fingerprint density at radius 2 is 2.23 bits per heavy atom. The van der Waals surface area contributed by atoms with Crippen molar-refractivity contribution >= 4 is 5.97 Å². The van der Waals surface area contributed by atoms with E-state index in [0.29, 0.717) is 31.4 Å². The topological polar surface area (TPSA) is 46.5 Å². The lowest BCUT2D eigenvalue weighted by Gasteiger charge is -2.07. The van der Waals surface area contributed by atoms with Crippen LogP contribution < -0.4 is 0 Å². The van der Waals surface area contributed by atoms with Gasteiger partial charge in [0.2, 0.25) is 0 Å². The number of ether oxygens (including phenoxy) is 1. The highest BCUT2D eigenvalue weighted by molar-refractivity contribution is 5.86. The van der Waals surface area contributed by atoms with E-state index < -0.39 is 0 Å². The maximum Gasteiger partial charge on any atom is 0.333 e. The molecule has 0 saturated heterocycles. The summed E-state index contributed by atoms with van der Waals surface area (Å²) in [5, 5.41) is 9.11. The van der Waals surface area contributed by atoms with E-state index in [4.69, 9.17) is 9.84 Å². The largest absolute Gasteiger partial charge is 0.462 e. The maximum atomic E-state index is 10.9. The van der Waals surface area contributed by atoms with Gasteiger partial charge >= 0.3 is 5.97 Å². The average Bonchev–Trinajstić information content (AvgIpc) is 2.11. The third-order valence-electron chi connectivity index (χ3n) is 1.60. The second-order valence-corrected chi connectivity index (χ2v) is 3.00. The molecule has 0 aromatic heterocycles. The van der Waals surface area contributed by atoms with E-state index in [1.54, 1.807) is 6.92 Å². The Hall–Kier alpha value is -0.830. The fraction of sp³-hybridized carbons (Fsp3) is 0.600. The number of esters is 1. The molecule has 0 bridgehead atoms. The van der Waals surface area contributed by atoms with Crippen LogP contribution in [0.3, 0.4) is 0 Å². The second-order valence-electron chi connectivity index (χ2n) is 3.00. The molecule has 0 fully saturated rings. The van der Waals surface area contributed by atoms with Crippen LogP contribution in [0.15, 0.2) is 12.2 Å². The highest BCUT2D eigenvalue weighted by Gasteiger charge is 2.04. The third-order valence-corrected chi connectivity index (χ3v) is 1.60. The van der Waals surface area contributed by atoms with E-state index in [1.165, 1.54) is 0 Å². The van der Waals surface area contributed by atoms with Gasteiger partial charge in [0.25, 0.3) is 0 Å².